The molecule has 0 spiro atoms. The molecule has 1 aromatic heterocycles. The van der Waals surface area contributed by atoms with Crippen LogP contribution < -0.4 is 5.32 Å². The lowest BCUT2D eigenvalue weighted by Gasteiger charge is -2.29. The molecule has 0 saturated heterocycles. The number of amides is 2. The molecule has 3 rings (SSSR count). The molecule has 1 aromatic carbocycles. The van der Waals surface area contributed by atoms with Crippen molar-refractivity contribution in [2.24, 2.45) is 5.92 Å². The maximum Gasteiger partial charge on any atom is 0.323 e. The summed E-state index contributed by atoms with van der Waals surface area (Å²) < 4.78 is 5.00. The molecule has 116 valence electrons. The van der Waals surface area contributed by atoms with Crippen LogP contribution in [0.1, 0.15) is 31.1 Å². The maximum absolute atomic E-state index is 12.6. The van der Waals surface area contributed by atoms with Crippen LogP contribution >= 0.6 is 0 Å². The van der Waals surface area contributed by atoms with E-state index < -0.39 is 0 Å². The summed E-state index contributed by atoms with van der Waals surface area (Å²) in [5.74, 6) is 1.75. The number of aryl methyl sites for hydroxylation is 1. The molecule has 1 aliphatic rings. The third kappa shape index (κ3) is 3.47. The summed E-state index contributed by atoms with van der Waals surface area (Å²) in [7, 11) is 0. The Kier molecular flexibility index (Phi) is 4.13. The van der Waals surface area contributed by atoms with Crippen molar-refractivity contribution in [1.82, 2.24) is 10.1 Å². The summed E-state index contributed by atoms with van der Waals surface area (Å²) in [4.78, 5) is 14.5. The van der Waals surface area contributed by atoms with Gasteiger partial charge in [0.25, 0.3) is 0 Å². The summed E-state index contributed by atoms with van der Waals surface area (Å²) in [6, 6.07) is 11.9. The van der Waals surface area contributed by atoms with Crippen molar-refractivity contribution in [1.29, 1.82) is 0 Å². The lowest BCUT2D eigenvalue weighted by molar-refractivity contribution is 0.180. The van der Waals surface area contributed by atoms with E-state index in [4.69, 9.17) is 4.52 Å². The van der Waals surface area contributed by atoms with Gasteiger partial charge in [-0.05, 0) is 38.2 Å². The average Bonchev–Trinajstić information content (AvgIpc) is 3.29. The number of carbonyl (C=O) groups is 1. The zero-order chi connectivity index (χ0) is 15.5. The van der Waals surface area contributed by atoms with Gasteiger partial charge < -0.3 is 9.42 Å². The van der Waals surface area contributed by atoms with Crippen LogP contribution in [0, 0.1) is 12.8 Å². The third-order valence-corrected chi connectivity index (χ3v) is 4.12. The molecule has 22 heavy (non-hydrogen) atoms. The largest absolute Gasteiger partial charge is 0.360 e. The maximum atomic E-state index is 12.6. The van der Waals surface area contributed by atoms with E-state index in [0.717, 1.165) is 5.56 Å². The molecule has 0 bridgehead atoms. The van der Waals surface area contributed by atoms with Crippen LogP contribution in [0.5, 0.6) is 0 Å². The lowest BCUT2D eigenvalue weighted by atomic mass is 10.1. The number of aromatic nitrogens is 1. The van der Waals surface area contributed by atoms with Gasteiger partial charge in [0.15, 0.2) is 5.82 Å². The van der Waals surface area contributed by atoms with Gasteiger partial charge in [0.2, 0.25) is 0 Å². The van der Waals surface area contributed by atoms with Gasteiger partial charge >= 0.3 is 6.03 Å². The van der Waals surface area contributed by atoms with Crippen molar-refractivity contribution in [3.8, 4) is 0 Å². The molecule has 0 aliphatic heterocycles. The van der Waals surface area contributed by atoms with Gasteiger partial charge in [0.05, 0.1) is 0 Å². The van der Waals surface area contributed by atoms with Crippen LogP contribution in [0.15, 0.2) is 40.9 Å². The smallest absolute Gasteiger partial charge is 0.323 e. The highest BCUT2D eigenvalue weighted by Crippen LogP contribution is 2.35. The van der Waals surface area contributed by atoms with Gasteiger partial charge in [0.1, 0.15) is 5.76 Å². The van der Waals surface area contributed by atoms with E-state index in [1.165, 1.54) is 12.8 Å². The van der Waals surface area contributed by atoms with Gasteiger partial charge in [-0.25, -0.2) is 4.79 Å². The quantitative estimate of drug-likeness (QED) is 0.913. The van der Waals surface area contributed by atoms with Crippen molar-refractivity contribution in [3.05, 3.63) is 47.7 Å². The highest BCUT2D eigenvalue weighted by Gasteiger charge is 2.34. The molecule has 1 fully saturated rings. The zero-order valence-electron chi connectivity index (χ0n) is 13.0. The molecule has 1 aliphatic carbocycles. The number of rotatable bonds is 5. The minimum atomic E-state index is -0.128. The minimum absolute atomic E-state index is 0.128. The van der Waals surface area contributed by atoms with E-state index in [1.54, 1.807) is 13.0 Å². The number of carbonyl (C=O) groups excluding carboxylic acids is 1. The van der Waals surface area contributed by atoms with Crippen molar-refractivity contribution >= 4 is 11.8 Å². The van der Waals surface area contributed by atoms with Gasteiger partial charge in [-0.15, -0.1) is 0 Å². The predicted molar refractivity (Wildman–Crippen MR) is 84.4 cm³/mol. The normalized spacial score (nSPS) is 15.4. The monoisotopic (exact) mass is 299 g/mol. The van der Waals surface area contributed by atoms with Crippen molar-refractivity contribution in [2.75, 3.05) is 5.32 Å². The van der Waals surface area contributed by atoms with E-state index in [0.29, 0.717) is 24.0 Å². The van der Waals surface area contributed by atoms with Gasteiger partial charge in [-0.3, -0.25) is 5.32 Å². The Morgan fingerprint density at radius 2 is 2.14 bits per heavy atom. The Morgan fingerprint density at radius 1 is 1.41 bits per heavy atom. The van der Waals surface area contributed by atoms with Crippen LogP contribution in [-0.2, 0) is 6.54 Å². The minimum Gasteiger partial charge on any atom is -0.360 e. The van der Waals surface area contributed by atoms with E-state index in [9.17, 15) is 4.79 Å². The number of anilines is 1. The molecule has 1 unspecified atom stereocenters. The Hall–Kier alpha value is -2.30. The fraction of sp³-hybridized carbons (Fsp3) is 0.412. The first kappa shape index (κ1) is 14.6. The summed E-state index contributed by atoms with van der Waals surface area (Å²) in [5.41, 5.74) is 1.13. The average molecular weight is 299 g/mol. The van der Waals surface area contributed by atoms with Gasteiger partial charge in [-0.2, -0.15) is 0 Å². The van der Waals surface area contributed by atoms with E-state index >= 15 is 0 Å². The number of benzene rings is 1. The molecule has 2 amide bonds. The summed E-state index contributed by atoms with van der Waals surface area (Å²) >= 11 is 0. The molecule has 1 heterocycles. The molecule has 1 atom stereocenters. The first-order valence-corrected chi connectivity index (χ1v) is 7.68. The fourth-order valence-corrected chi connectivity index (χ4v) is 2.62. The fourth-order valence-electron chi connectivity index (χ4n) is 2.62. The number of urea groups is 1. The molecule has 1 N–H and O–H groups in total. The SMILES string of the molecule is Cc1cc(NC(=O)N(Cc2ccccc2)C(C)C2CC2)no1. The van der Waals surface area contributed by atoms with Gasteiger partial charge in [-0.1, -0.05) is 35.5 Å². The number of hydrogen-bond acceptors (Lipinski definition) is 3. The standard InChI is InChI=1S/C17H21N3O2/c1-12-10-16(19-22-12)18-17(21)20(13(2)15-8-9-15)11-14-6-4-3-5-7-14/h3-7,10,13,15H,8-9,11H2,1-2H3,(H,18,19,21). The molecule has 1 saturated carbocycles. The first-order chi connectivity index (χ1) is 10.6. The first-order valence-electron chi connectivity index (χ1n) is 7.68. The Morgan fingerprint density at radius 3 is 2.73 bits per heavy atom. The summed E-state index contributed by atoms with van der Waals surface area (Å²) in [5, 5.41) is 6.66. The van der Waals surface area contributed by atoms with Crippen molar-refractivity contribution < 1.29 is 9.32 Å². The van der Waals surface area contributed by atoms with Gasteiger partial charge in [0, 0.05) is 18.7 Å². The molecule has 0 radical (unpaired) electrons. The van der Waals surface area contributed by atoms with Crippen LogP contribution in [0.4, 0.5) is 10.6 Å². The van der Waals surface area contributed by atoms with Crippen LogP contribution in [0.3, 0.4) is 0 Å². The number of hydrogen-bond donors (Lipinski definition) is 1. The molecular formula is C17H21N3O2. The Bertz CT molecular complexity index is 634. The molecule has 5 heteroatoms. The van der Waals surface area contributed by atoms with Crippen molar-refractivity contribution in [2.45, 2.75) is 39.3 Å². The van der Waals surface area contributed by atoms with E-state index in [-0.39, 0.29) is 12.1 Å². The summed E-state index contributed by atoms with van der Waals surface area (Å²) in [6.07, 6.45) is 2.39. The predicted octanol–water partition coefficient (Wildman–Crippen LogP) is 3.82. The second-order valence-electron chi connectivity index (χ2n) is 5.94. The molecule has 2 aromatic rings. The summed E-state index contributed by atoms with van der Waals surface area (Å²) in [6.45, 7) is 4.52. The second kappa shape index (κ2) is 6.22. The van der Waals surface area contributed by atoms with Crippen LogP contribution in [0.25, 0.3) is 0 Å². The molecular weight excluding hydrogens is 278 g/mol. The second-order valence-corrected chi connectivity index (χ2v) is 5.94. The van der Waals surface area contributed by atoms with Crippen LogP contribution in [-0.4, -0.2) is 22.1 Å². The third-order valence-electron chi connectivity index (χ3n) is 4.12. The Balaban J connectivity index is 1.73. The lowest BCUT2D eigenvalue weighted by Crippen LogP contribution is -2.42. The topological polar surface area (TPSA) is 58.4 Å². The van der Waals surface area contributed by atoms with Crippen molar-refractivity contribution in [3.63, 3.8) is 0 Å². The highest BCUT2D eigenvalue weighted by molar-refractivity contribution is 5.88. The zero-order valence-corrected chi connectivity index (χ0v) is 13.0. The van der Waals surface area contributed by atoms with Crippen LogP contribution in [0.2, 0.25) is 0 Å². The molecule has 5 nitrogen and oxygen atoms in total. The Labute approximate surface area is 130 Å². The number of nitrogens with one attached hydrogen (secondary N) is 1. The highest BCUT2D eigenvalue weighted by atomic mass is 16.5. The number of nitrogens with zero attached hydrogens (tertiary/aromatic N) is 2. The van der Waals surface area contributed by atoms with E-state index in [1.807, 2.05) is 35.2 Å². The van der Waals surface area contributed by atoms with E-state index in [2.05, 4.69) is 17.4 Å².